The van der Waals surface area contributed by atoms with E-state index in [-0.39, 0.29) is 10.8 Å². The van der Waals surface area contributed by atoms with Gasteiger partial charge < -0.3 is 14.4 Å². The molecule has 0 spiro atoms. The van der Waals surface area contributed by atoms with Gasteiger partial charge in [0.15, 0.2) is 0 Å². The molecular formula is C25H39N5O3S. The molecule has 2 aromatic rings. The van der Waals surface area contributed by atoms with Crippen LogP contribution in [-0.4, -0.2) is 83.3 Å². The van der Waals surface area contributed by atoms with E-state index in [4.69, 9.17) is 4.98 Å². The minimum Gasteiger partial charge on any atom is -0.338 e. The lowest BCUT2D eigenvalue weighted by Gasteiger charge is -2.28. The molecule has 34 heavy (non-hydrogen) atoms. The Morgan fingerprint density at radius 1 is 1.09 bits per heavy atom. The number of hydrogen-bond donors (Lipinski definition) is 0. The summed E-state index contributed by atoms with van der Waals surface area (Å²) >= 11 is 0. The summed E-state index contributed by atoms with van der Waals surface area (Å²) in [6, 6.07) is 5.53. The highest BCUT2D eigenvalue weighted by Gasteiger charge is 2.31. The third-order valence-electron chi connectivity index (χ3n) is 7.39. The summed E-state index contributed by atoms with van der Waals surface area (Å²) in [5, 5.41) is 0. The van der Waals surface area contributed by atoms with Crippen LogP contribution in [0.1, 0.15) is 58.7 Å². The van der Waals surface area contributed by atoms with Crippen molar-refractivity contribution in [2.45, 2.75) is 76.8 Å². The fourth-order valence-corrected chi connectivity index (χ4v) is 7.03. The standard InChI is InChI=1S/C25H39N5O3S/c1-4-28(5-2)34(32,33)21-11-12-23-22(18-21)26-24(29(23)6-3)13-14-25(31)30-17-9-10-20(30)19-27-15-7-8-16-27/h11-12,18,20H,4-10,13-17,19H2,1-3H3. The van der Waals surface area contributed by atoms with Gasteiger partial charge in [-0.1, -0.05) is 13.8 Å². The lowest BCUT2D eigenvalue weighted by Crippen LogP contribution is -2.42. The third kappa shape index (κ3) is 5.02. The van der Waals surface area contributed by atoms with Crippen LogP contribution in [0.3, 0.4) is 0 Å². The first-order chi connectivity index (χ1) is 16.4. The zero-order valence-electron chi connectivity index (χ0n) is 20.9. The monoisotopic (exact) mass is 489 g/mol. The molecule has 0 saturated carbocycles. The van der Waals surface area contributed by atoms with Crippen LogP contribution in [0.5, 0.6) is 0 Å². The van der Waals surface area contributed by atoms with Crippen LogP contribution in [0.25, 0.3) is 11.0 Å². The van der Waals surface area contributed by atoms with Gasteiger partial charge in [0.2, 0.25) is 15.9 Å². The van der Waals surface area contributed by atoms with E-state index in [1.165, 1.54) is 17.1 Å². The van der Waals surface area contributed by atoms with E-state index in [0.29, 0.717) is 37.5 Å². The smallest absolute Gasteiger partial charge is 0.243 e. The average molecular weight is 490 g/mol. The first-order valence-corrected chi connectivity index (χ1v) is 14.3. The first kappa shape index (κ1) is 25.1. The topological polar surface area (TPSA) is 78.8 Å². The van der Waals surface area contributed by atoms with Crippen LogP contribution in [0.4, 0.5) is 0 Å². The molecule has 9 heteroatoms. The number of rotatable bonds is 10. The van der Waals surface area contributed by atoms with Crippen molar-refractivity contribution in [3.8, 4) is 0 Å². The molecule has 2 fully saturated rings. The molecule has 1 aromatic heterocycles. The largest absolute Gasteiger partial charge is 0.338 e. The number of carbonyl (C=O) groups excluding carboxylic acids is 1. The zero-order chi connectivity index (χ0) is 24.3. The fourth-order valence-electron chi connectivity index (χ4n) is 5.56. The Kier molecular flexibility index (Phi) is 7.94. The molecule has 1 unspecified atom stereocenters. The van der Waals surface area contributed by atoms with E-state index in [2.05, 4.69) is 21.3 Å². The molecule has 3 heterocycles. The Morgan fingerprint density at radius 3 is 2.50 bits per heavy atom. The lowest BCUT2D eigenvalue weighted by molar-refractivity contribution is -0.132. The van der Waals surface area contributed by atoms with Crippen molar-refractivity contribution >= 4 is 27.0 Å². The second-order valence-electron chi connectivity index (χ2n) is 9.40. The number of imidazole rings is 1. The van der Waals surface area contributed by atoms with Crippen LogP contribution in [0.2, 0.25) is 0 Å². The minimum atomic E-state index is -3.54. The number of amides is 1. The van der Waals surface area contributed by atoms with Gasteiger partial charge in [0.25, 0.3) is 0 Å². The summed E-state index contributed by atoms with van der Waals surface area (Å²) in [6.45, 7) is 11.5. The Hall–Kier alpha value is -1.97. The van der Waals surface area contributed by atoms with Gasteiger partial charge in [-0.15, -0.1) is 0 Å². The summed E-state index contributed by atoms with van der Waals surface area (Å²) in [7, 11) is -3.54. The number of aryl methyl sites for hydroxylation is 2. The molecule has 2 aliphatic rings. The summed E-state index contributed by atoms with van der Waals surface area (Å²) in [6.07, 6.45) is 5.72. The van der Waals surface area contributed by atoms with Gasteiger partial charge >= 0.3 is 0 Å². The second-order valence-corrected chi connectivity index (χ2v) is 11.3. The molecule has 188 valence electrons. The number of aromatic nitrogens is 2. The molecule has 2 saturated heterocycles. The van der Waals surface area contributed by atoms with E-state index in [9.17, 15) is 13.2 Å². The minimum absolute atomic E-state index is 0.209. The van der Waals surface area contributed by atoms with Gasteiger partial charge in [0.1, 0.15) is 5.82 Å². The summed E-state index contributed by atoms with van der Waals surface area (Å²) in [5.74, 6) is 1.06. The second kappa shape index (κ2) is 10.7. The maximum Gasteiger partial charge on any atom is 0.243 e. The van der Waals surface area contributed by atoms with Crippen LogP contribution < -0.4 is 0 Å². The van der Waals surface area contributed by atoms with Gasteiger partial charge in [0, 0.05) is 51.6 Å². The van der Waals surface area contributed by atoms with Gasteiger partial charge in [0.05, 0.1) is 15.9 Å². The van der Waals surface area contributed by atoms with Gasteiger partial charge in [-0.2, -0.15) is 4.31 Å². The van der Waals surface area contributed by atoms with Gasteiger partial charge in [-0.05, 0) is 63.9 Å². The highest BCUT2D eigenvalue weighted by Crippen LogP contribution is 2.25. The molecule has 0 aliphatic carbocycles. The van der Waals surface area contributed by atoms with E-state index in [0.717, 1.165) is 56.9 Å². The van der Waals surface area contributed by atoms with Crippen LogP contribution in [-0.2, 0) is 27.8 Å². The maximum absolute atomic E-state index is 13.1. The first-order valence-electron chi connectivity index (χ1n) is 12.9. The molecule has 4 rings (SSSR count). The normalized spacial score (nSPS) is 19.6. The number of sulfonamides is 1. The van der Waals surface area contributed by atoms with E-state index in [1.807, 2.05) is 19.9 Å². The van der Waals surface area contributed by atoms with Crippen LogP contribution in [0, 0.1) is 0 Å². The number of nitrogens with zero attached hydrogens (tertiary/aromatic N) is 5. The quantitative estimate of drug-likeness (QED) is 0.512. The molecule has 1 aromatic carbocycles. The Balaban J connectivity index is 1.48. The third-order valence-corrected chi connectivity index (χ3v) is 9.43. The van der Waals surface area contributed by atoms with Crippen molar-refractivity contribution in [1.82, 2.24) is 23.7 Å². The maximum atomic E-state index is 13.1. The van der Waals surface area contributed by atoms with Gasteiger partial charge in [-0.3, -0.25) is 4.79 Å². The summed E-state index contributed by atoms with van der Waals surface area (Å²) < 4.78 is 29.5. The van der Waals surface area contributed by atoms with Crippen LogP contribution >= 0.6 is 0 Å². The number of carbonyl (C=O) groups is 1. The molecule has 1 amide bonds. The molecule has 8 nitrogen and oxygen atoms in total. The number of likely N-dealkylation sites (tertiary alicyclic amines) is 2. The predicted octanol–water partition coefficient (Wildman–Crippen LogP) is 3.11. The van der Waals surface area contributed by atoms with E-state index < -0.39 is 10.0 Å². The number of hydrogen-bond acceptors (Lipinski definition) is 5. The number of fused-ring (bicyclic) bond motifs is 1. The summed E-state index contributed by atoms with van der Waals surface area (Å²) in [4.78, 5) is 22.8. The Bertz CT molecular complexity index is 1100. The Labute approximate surface area is 204 Å². The fraction of sp³-hybridized carbons (Fsp3) is 0.680. The predicted molar refractivity (Wildman–Crippen MR) is 134 cm³/mol. The molecule has 2 aliphatic heterocycles. The van der Waals surface area contributed by atoms with Crippen molar-refractivity contribution in [2.75, 3.05) is 39.3 Å². The average Bonchev–Trinajstić information content (AvgIpc) is 3.57. The molecule has 1 atom stereocenters. The molecular weight excluding hydrogens is 450 g/mol. The highest BCUT2D eigenvalue weighted by atomic mass is 32.2. The number of benzene rings is 1. The zero-order valence-corrected chi connectivity index (χ0v) is 21.7. The highest BCUT2D eigenvalue weighted by molar-refractivity contribution is 7.89. The lowest BCUT2D eigenvalue weighted by atomic mass is 10.2. The van der Waals surface area contributed by atoms with Crippen LogP contribution in [0.15, 0.2) is 23.1 Å². The van der Waals surface area contributed by atoms with Gasteiger partial charge in [-0.25, -0.2) is 13.4 Å². The van der Waals surface area contributed by atoms with E-state index in [1.54, 1.807) is 12.1 Å². The Morgan fingerprint density at radius 2 is 1.82 bits per heavy atom. The van der Waals surface area contributed by atoms with Crippen molar-refractivity contribution < 1.29 is 13.2 Å². The molecule has 0 N–H and O–H groups in total. The molecule has 0 bridgehead atoms. The van der Waals surface area contributed by atoms with E-state index >= 15 is 0 Å². The van der Waals surface area contributed by atoms with Crippen molar-refractivity contribution in [3.63, 3.8) is 0 Å². The SMILES string of the molecule is CCN(CC)S(=O)(=O)c1ccc2c(c1)nc(CCC(=O)N1CCCC1CN1CCCC1)n2CC. The van der Waals surface area contributed by atoms with Crippen molar-refractivity contribution in [2.24, 2.45) is 0 Å². The van der Waals surface area contributed by atoms with Crippen molar-refractivity contribution in [3.05, 3.63) is 24.0 Å². The molecule has 0 radical (unpaired) electrons. The summed E-state index contributed by atoms with van der Waals surface area (Å²) in [5.41, 5.74) is 1.59. The van der Waals surface area contributed by atoms with Crippen molar-refractivity contribution in [1.29, 1.82) is 0 Å².